The van der Waals surface area contributed by atoms with Crippen molar-refractivity contribution in [2.75, 3.05) is 13.2 Å². The first kappa shape index (κ1) is 18.4. The summed E-state index contributed by atoms with van der Waals surface area (Å²) in [6, 6.07) is 4.93. The van der Waals surface area contributed by atoms with Gasteiger partial charge in [0.25, 0.3) is 11.8 Å². The normalized spacial score (nSPS) is 23.5. The number of carbonyl (C=O) groups is 4. The minimum absolute atomic E-state index is 0.104. The number of imide groups is 1. The zero-order chi connectivity index (χ0) is 19.8. The second kappa shape index (κ2) is 7.23. The summed E-state index contributed by atoms with van der Waals surface area (Å²) in [7, 11) is 0. The zero-order valence-electron chi connectivity index (χ0n) is 15.5. The van der Waals surface area contributed by atoms with E-state index in [1.807, 2.05) is 6.92 Å². The Morgan fingerprint density at radius 1 is 1.11 bits per heavy atom. The number of piperidine rings is 1. The Labute approximate surface area is 161 Å². The van der Waals surface area contributed by atoms with Crippen LogP contribution in [0.3, 0.4) is 0 Å². The van der Waals surface area contributed by atoms with Gasteiger partial charge in [0.1, 0.15) is 6.04 Å². The van der Waals surface area contributed by atoms with Gasteiger partial charge in [-0.3, -0.25) is 14.4 Å². The van der Waals surface area contributed by atoms with Crippen LogP contribution >= 0.6 is 0 Å². The van der Waals surface area contributed by atoms with E-state index in [0.717, 1.165) is 12.8 Å². The van der Waals surface area contributed by atoms with Gasteiger partial charge in [0.15, 0.2) is 0 Å². The van der Waals surface area contributed by atoms with E-state index < -0.39 is 23.8 Å². The fraction of sp³-hybridized carbons (Fsp3) is 0.474. The van der Waals surface area contributed by atoms with Gasteiger partial charge in [-0.25, -0.2) is 9.59 Å². The van der Waals surface area contributed by atoms with Crippen molar-refractivity contribution in [3.05, 3.63) is 35.4 Å². The first-order valence-corrected chi connectivity index (χ1v) is 9.45. The van der Waals surface area contributed by atoms with E-state index in [2.05, 4.69) is 0 Å². The average Bonchev–Trinajstić information content (AvgIpc) is 3.09. The molecular formula is C19H21N3O6. The maximum Gasteiger partial charge on any atom is 0.355 e. The SMILES string of the molecule is CCCCON1C(=O)N2C[C@@H]1CC[C@H]2C(=O)ON1C(=O)c2ccccc2C1=O. The Bertz CT molecular complexity index is 806. The molecule has 0 spiro atoms. The number of rotatable bonds is 6. The molecule has 4 rings (SSSR count). The minimum Gasteiger partial charge on any atom is -0.327 e. The summed E-state index contributed by atoms with van der Waals surface area (Å²) in [5.74, 6) is -2.16. The van der Waals surface area contributed by atoms with Gasteiger partial charge in [-0.05, 0) is 31.4 Å². The topological polar surface area (TPSA) is 96.5 Å². The van der Waals surface area contributed by atoms with E-state index in [9.17, 15) is 19.2 Å². The maximum absolute atomic E-state index is 12.7. The average molecular weight is 387 g/mol. The van der Waals surface area contributed by atoms with Gasteiger partial charge < -0.3 is 9.74 Å². The van der Waals surface area contributed by atoms with Gasteiger partial charge >= 0.3 is 12.0 Å². The number of benzene rings is 1. The molecule has 0 aliphatic carbocycles. The number of hydrogen-bond acceptors (Lipinski definition) is 6. The van der Waals surface area contributed by atoms with Crippen LogP contribution in [0.15, 0.2) is 24.3 Å². The molecule has 0 N–H and O–H groups in total. The molecule has 1 aromatic carbocycles. The number of hydrogen-bond donors (Lipinski definition) is 0. The van der Waals surface area contributed by atoms with Crippen molar-refractivity contribution in [2.45, 2.75) is 44.7 Å². The van der Waals surface area contributed by atoms with Crippen LogP contribution in [-0.4, -0.2) is 64.1 Å². The van der Waals surface area contributed by atoms with Crippen molar-refractivity contribution in [3.8, 4) is 0 Å². The molecule has 9 nitrogen and oxygen atoms in total. The van der Waals surface area contributed by atoms with Crippen molar-refractivity contribution in [1.82, 2.24) is 15.0 Å². The number of carbonyl (C=O) groups excluding carboxylic acids is 4. The lowest BCUT2D eigenvalue weighted by Crippen LogP contribution is -2.48. The van der Waals surface area contributed by atoms with E-state index in [1.165, 1.54) is 22.1 Å². The molecule has 0 aromatic heterocycles. The molecule has 0 radical (unpaired) electrons. The summed E-state index contributed by atoms with van der Waals surface area (Å²) >= 11 is 0. The fourth-order valence-corrected chi connectivity index (χ4v) is 3.75. The number of urea groups is 1. The highest BCUT2D eigenvalue weighted by atomic mass is 16.7. The smallest absolute Gasteiger partial charge is 0.327 e. The summed E-state index contributed by atoms with van der Waals surface area (Å²) in [6.45, 7) is 2.83. The summed E-state index contributed by atoms with van der Waals surface area (Å²) in [5, 5.41) is 1.82. The molecule has 0 saturated carbocycles. The highest BCUT2D eigenvalue weighted by Crippen LogP contribution is 2.31. The molecule has 2 atom stereocenters. The minimum atomic E-state index is -0.854. The Morgan fingerprint density at radius 3 is 2.43 bits per heavy atom. The highest BCUT2D eigenvalue weighted by molar-refractivity contribution is 6.20. The zero-order valence-corrected chi connectivity index (χ0v) is 15.5. The standard InChI is InChI=1S/C19H21N3O6/c1-2-3-10-27-21-12-8-9-15(20(11-12)19(21)26)18(25)28-22-16(23)13-6-4-5-7-14(13)17(22)24/h4-7,12,15H,2-3,8-11H2,1H3/t12-,15-/m0/s1. The van der Waals surface area contributed by atoms with Crippen molar-refractivity contribution in [2.24, 2.45) is 0 Å². The van der Waals surface area contributed by atoms with E-state index >= 15 is 0 Å². The van der Waals surface area contributed by atoms with Crippen molar-refractivity contribution in [3.63, 3.8) is 0 Å². The maximum atomic E-state index is 12.7. The van der Waals surface area contributed by atoms with Crippen LogP contribution in [0.2, 0.25) is 0 Å². The van der Waals surface area contributed by atoms with E-state index in [4.69, 9.17) is 9.68 Å². The van der Waals surface area contributed by atoms with E-state index in [1.54, 1.807) is 12.1 Å². The van der Waals surface area contributed by atoms with E-state index in [-0.39, 0.29) is 23.2 Å². The van der Waals surface area contributed by atoms with Crippen molar-refractivity contribution >= 4 is 23.8 Å². The Morgan fingerprint density at radius 2 is 1.79 bits per heavy atom. The second-order valence-electron chi connectivity index (χ2n) is 7.06. The number of hydroxylamine groups is 4. The van der Waals surface area contributed by atoms with Crippen LogP contribution in [-0.2, 0) is 14.5 Å². The molecule has 4 amide bonds. The van der Waals surface area contributed by atoms with Gasteiger partial charge in [-0.2, -0.15) is 5.06 Å². The molecule has 3 heterocycles. The molecule has 0 unspecified atom stereocenters. The summed E-state index contributed by atoms with van der Waals surface area (Å²) in [6.07, 6.45) is 2.75. The first-order valence-electron chi connectivity index (χ1n) is 9.45. The first-order chi connectivity index (χ1) is 13.5. The van der Waals surface area contributed by atoms with Crippen LogP contribution in [0.5, 0.6) is 0 Å². The third-order valence-electron chi connectivity index (χ3n) is 5.26. The predicted octanol–water partition coefficient (Wildman–Crippen LogP) is 1.74. The molecule has 9 heteroatoms. The lowest BCUT2D eigenvalue weighted by molar-refractivity contribution is -0.174. The molecule has 148 valence electrons. The summed E-state index contributed by atoms with van der Waals surface area (Å²) in [5.41, 5.74) is 0.383. The molecule has 28 heavy (non-hydrogen) atoms. The van der Waals surface area contributed by atoms with Gasteiger partial charge in [0.2, 0.25) is 0 Å². The number of amides is 4. The molecule has 2 bridgehead atoms. The lowest BCUT2D eigenvalue weighted by atomic mass is 10.0. The predicted molar refractivity (Wildman–Crippen MR) is 94.6 cm³/mol. The van der Waals surface area contributed by atoms with Crippen LogP contribution in [0, 0.1) is 0 Å². The Kier molecular flexibility index (Phi) is 4.76. The quantitative estimate of drug-likeness (QED) is 0.545. The molecular weight excluding hydrogens is 366 g/mol. The van der Waals surface area contributed by atoms with Crippen LogP contribution < -0.4 is 0 Å². The summed E-state index contributed by atoms with van der Waals surface area (Å²) < 4.78 is 0. The van der Waals surface area contributed by atoms with Crippen LogP contribution in [0.1, 0.15) is 53.3 Å². The number of fused-ring (bicyclic) bond motifs is 3. The molecule has 1 aromatic rings. The fourth-order valence-electron chi connectivity index (χ4n) is 3.75. The number of unbranched alkanes of at least 4 members (excludes halogenated alkanes) is 1. The second-order valence-corrected chi connectivity index (χ2v) is 7.06. The van der Waals surface area contributed by atoms with Gasteiger partial charge in [-0.15, -0.1) is 0 Å². The van der Waals surface area contributed by atoms with Gasteiger partial charge in [-0.1, -0.05) is 30.5 Å². The van der Waals surface area contributed by atoms with Gasteiger partial charge in [0.05, 0.1) is 23.8 Å². The third kappa shape index (κ3) is 2.91. The lowest BCUT2D eigenvalue weighted by Gasteiger charge is -2.29. The molecule has 3 aliphatic rings. The monoisotopic (exact) mass is 387 g/mol. The van der Waals surface area contributed by atoms with Crippen LogP contribution in [0.25, 0.3) is 0 Å². The Hall–Kier alpha value is -2.94. The third-order valence-corrected chi connectivity index (χ3v) is 5.26. The highest BCUT2D eigenvalue weighted by Gasteiger charge is 2.50. The molecule has 2 fully saturated rings. The van der Waals surface area contributed by atoms with Crippen molar-refractivity contribution in [1.29, 1.82) is 0 Å². The molecule has 3 aliphatic heterocycles. The van der Waals surface area contributed by atoms with Crippen LogP contribution in [0.4, 0.5) is 4.79 Å². The summed E-state index contributed by atoms with van der Waals surface area (Å²) in [4.78, 5) is 62.1. The largest absolute Gasteiger partial charge is 0.355 e. The van der Waals surface area contributed by atoms with E-state index in [0.29, 0.717) is 31.1 Å². The molecule has 2 saturated heterocycles. The Balaban J connectivity index is 1.43. The van der Waals surface area contributed by atoms with Gasteiger partial charge in [0, 0.05) is 6.54 Å². The number of nitrogens with zero attached hydrogens (tertiary/aromatic N) is 3. The van der Waals surface area contributed by atoms with Crippen molar-refractivity contribution < 1.29 is 28.9 Å².